The Morgan fingerprint density at radius 3 is 2.50 bits per heavy atom. The van der Waals surface area contributed by atoms with Gasteiger partial charge in [-0.15, -0.1) is 0 Å². The van der Waals surface area contributed by atoms with Gasteiger partial charge in [-0.1, -0.05) is 18.2 Å². The van der Waals surface area contributed by atoms with Crippen LogP contribution in [0.2, 0.25) is 0 Å². The number of para-hydroxylation sites is 1. The smallest absolute Gasteiger partial charge is 0.322 e. The van der Waals surface area contributed by atoms with E-state index in [2.05, 4.69) is 5.32 Å². The molecule has 1 aliphatic rings. The number of anilines is 2. The Morgan fingerprint density at radius 1 is 1.19 bits per heavy atom. The van der Waals surface area contributed by atoms with E-state index >= 15 is 0 Å². The number of amides is 3. The lowest BCUT2D eigenvalue weighted by molar-refractivity contribution is -0.117. The Balaban J connectivity index is 1.65. The van der Waals surface area contributed by atoms with Crippen LogP contribution in [0.15, 0.2) is 54.6 Å². The Morgan fingerprint density at radius 2 is 1.88 bits per heavy atom. The molecule has 1 saturated heterocycles. The van der Waals surface area contributed by atoms with Crippen LogP contribution in [0.4, 0.5) is 16.2 Å². The van der Waals surface area contributed by atoms with Crippen molar-refractivity contribution in [3.8, 4) is 5.75 Å². The predicted molar refractivity (Wildman–Crippen MR) is 102 cm³/mol. The van der Waals surface area contributed by atoms with E-state index in [1.165, 1.54) is 0 Å². The van der Waals surface area contributed by atoms with E-state index in [1.807, 2.05) is 61.5 Å². The van der Waals surface area contributed by atoms with E-state index in [0.717, 1.165) is 17.1 Å². The highest BCUT2D eigenvalue weighted by Crippen LogP contribution is 2.22. The van der Waals surface area contributed by atoms with Crippen molar-refractivity contribution < 1.29 is 14.3 Å². The topological polar surface area (TPSA) is 61.9 Å². The van der Waals surface area contributed by atoms with E-state index < -0.39 is 0 Å². The molecule has 136 valence electrons. The number of methoxy groups -OCH3 is 1. The van der Waals surface area contributed by atoms with E-state index in [-0.39, 0.29) is 18.0 Å². The van der Waals surface area contributed by atoms with Crippen LogP contribution in [0.1, 0.15) is 13.3 Å². The molecule has 26 heavy (non-hydrogen) atoms. The van der Waals surface area contributed by atoms with Crippen molar-refractivity contribution in [3.05, 3.63) is 54.6 Å². The van der Waals surface area contributed by atoms with Crippen LogP contribution in [0, 0.1) is 0 Å². The first-order valence-corrected chi connectivity index (χ1v) is 8.70. The normalized spacial score (nSPS) is 16.5. The number of hydrogen-bond acceptors (Lipinski definition) is 3. The molecule has 1 atom stereocenters. The molecule has 0 radical (unpaired) electrons. The summed E-state index contributed by atoms with van der Waals surface area (Å²) in [5.41, 5.74) is 1.65. The SMILES string of the molecule is CCN(C(=O)NC1CC(=O)N(c2ccccc2)C1)c1ccc(OC)cc1. The summed E-state index contributed by atoms with van der Waals surface area (Å²) in [7, 11) is 1.61. The molecule has 6 nitrogen and oxygen atoms in total. The first kappa shape index (κ1) is 17.8. The first-order chi connectivity index (χ1) is 12.6. The van der Waals surface area contributed by atoms with Crippen LogP contribution < -0.4 is 19.9 Å². The lowest BCUT2D eigenvalue weighted by Crippen LogP contribution is -2.46. The van der Waals surface area contributed by atoms with E-state index in [1.54, 1.807) is 16.9 Å². The molecule has 0 bridgehead atoms. The van der Waals surface area contributed by atoms with Crippen molar-refractivity contribution in [2.75, 3.05) is 30.0 Å². The van der Waals surface area contributed by atoms with Crippen LogP contribution in [-0.4, -0.2) is 38.2 Å². The third-order valence-electron chi connectivity index (χ3n) is 4.47. The van der Waals surface area contributed by atoms with Gasteiger partial charge in [0.05, 0.1) is 13.2 Å². The van der Waals surface area contributed by atoms with Gasteiger partial charge in [-0.2, -0.15) is 0 Å². The summed E-state index contributed by atoms with van der Waals surface area (Å²) in [5.74, 6) is 0.763. The van der Waals surface area contributed by atoms with Crippen molar-refractivity contribution in [2.45, 2.75) is 19.4 Å². The molecule has 2 aromatic rings. The van der Waals surface area contributed by atoms with E-state index in [4.69, 9.17) is 4.74 Å². The van der Waals surface area contributed by atoms with Crippen LogP contribution in [-0.2, 0) is 4.79 Å². The van der Waals surface area contributed by atoms with Gasteiger partial charge in [0.25, 0.3) is 0 Å². The maximum Gasteiger partial charge on any atom is 0.322 e. The number of carbonyl (C=O) groups excluding carboxylic acids is 2. The second-order valence-electron chi connectivity index (χ2n) is 6.13. The lowest BCUT2D eigenvalue weighted by Gasteiger charge is -2.24. The lowest BCUT2D eigenvalue weighted by atomic mass is 10.2. The average Bonchev–Trinajstić information content (AvgIpc) is 3.03. The summed E-state index contributed by atoms with van der Waals surface area (Å²) in [6.45, 7) is 2.93. The fraction of sp³-hybridized carbons (Fsp3) is 0.300. The predicted octanol–water partition coefficient (Wildman–Crippen LogP) is 3.04. The summed E-state index contributed by atoms with van der Waals surface area (Å²) in [4.78, 5) is 28.3. The van der Waals surface area contributed by atoms with Gasteiger partial charge in [0.15, 0.2) is 0 Å². The van der Waals surface area contributed by atoms with Crippen molar-refractivity contribution in [2.24, 2.45) is 0 Å². The number of rotatable bonds is 5. The van der Waals surface area contributed by atoms with Crippen LogP contribution in [0.5, 0.6) is 5.75 Å². The molecule has 1 fully saturated rings. The molecule has 3 amide bonds. The highest BCUT2D eigenvalue weighted by Gasteiger charge is 2.32. The van der Waals surface area contributed by atoms with Gasteiger partial charge in [0, 0.05) is 30.9 Å². The molecule has 6 heteroatoms. The van der Waals surface area contributed by atoms with Gasteiger partial charge < -0.3 is 15.0 Å². The minimum Gasteiger partial charge on any atom is -0.497 e. The Labute approximate surface area is 153 Å². The molecule has 1 unspecified atom stereocenters. The highest BCUT2D eigenvalue weighted by molar-refractivity contribution is 5.98. The average molecular weight is 353 g/mol. The van der Waals surface area contributed by atoms with Crippen molar-refractivity contribution >= 4 is 23.3 Å². The quantitative estimate of drug-likeness (QED) is 0.899. The number of benzene rings is 2. The molecule has 2 aromatic carbocycles. The van der Waals surface area contributed by atoms with Gasteiger partial charge in [-0.05, 0) is 43.3 Å². The number of ether oxygens (including phenoxy) is 1. The van der Waals surface area contributed by atoms with Gasteiger partial charge >= 0.3 is 6.03 Å². The number of hydrogen-bond donors (Lipinski definition) is 1. The number of nitrogens with zero attached hydrogens (tertiary/aromatic N) is 2. The molecule has 0 saturated carbocycles. The summed E-state index contributed by atoms with van der Waals surface area (Å²) in [5, 5.41) is 2.98. The van der Waals surface area contributed by atoms with Gasteiger partial charge in [-0.3, -0.25) is 9.69 Å². The second kappa shape index (κ2) is 7.91. The third-order valence-corrected chi connectivity index (χ3v) is 4.47. The highest BCUT2D eigenvalue weighted by atomic mass is 16.5. The van der Waals surface area contributed by atoms with Crippen LogP contribution >= 0.6 is 0 Å². The second-order valence-corrected chi connectivity index (χ2v) is 6.13. The maximum atomic E-state index is 12.7. The Kier molecular flexibility index (Phi) is 5.41. The van der Waals surface area contributed by atoms with Crippen molar-refractivity contribution in [1.82, 2.24) is 5.32 Å². The summed E-state index contributed by atoms with van der Waals surface area (Å²) >= 11 is 0. The Bertz CT molecular complexity index is 762. The maximum absolute atomic E-state index is 12.7. The van der Waals surface area contributed by atoms with E-state index in [0.29, 0.717) is 19.5 Å². The minimum atomic E-state index is -0.206. The van der Waals surface area contributed by atoms with Crippen LogP contribution in [0.25, 0.3) is 0 Å². The molecule has 0 aliphatic carbocycles. The third kappa shape index (κ3) is 3.79. The fourth-order valence-electron chi connectivity index (χ4n) is 3.12. The fourth-order valence-corrected chi connectivity index (χ4v) is 3.12. The zero-order valence-electron chi connectivity index (χ0n) is 15.0. The zero-order valence-corrected chi connectivity index (χ0v) is 15.0. The molecule has 1 heterocycles. The molecule has 0 spiro atoms. The number of carbonyl (C=O) groups is 2. The van der Waals surface area contributed by atoms with Gasteiger partial charge in [-0.25, -0.2) is 4.79 Å². The zero-order chi connectivity index (χ0) is 18.5. The minimum absolute atomic E-state index is 0.0222. The number of urea groups is 1. The van der Waals surface area contributed by atoms with Gasteiger partial charge in [0.1, 0.15) is 5.75 Å². The molecular formula is C20H23N3O3. The number of nitrogens with one attached hydrogen (secondary N) is 1. The summed E-state index contributed by atoms with van der Waals surface area (Å²) in [6, 6.07) is 16.4. The van der Waals surface area contributed by atoms with E-state index in [9.17, 15) is 9.59 Å². The van der Waals surface area contributed by atoms with Crippen molar-refractivity contribution in [3.63, 3.8) is 0 Å². The molecule has 0 aromatic heterocycles. The molecule has 3 rings (SSSR count). The molecule has 1 aliphatic heterocycles. The summed E-state index contributed by atoms with van der Waals surface area (Å²) in [6.07, 6.45) is 0.306. The first-order valence-electron chi connectivity index (χ1n) is 8.70. The standard InChI is InChI=1S/C20H23N3O3/c1-3-22(17-9-11-18(26-2)12-10-17)20(25)21-15-13-19(24)23(14-15)16-7-5-4-6-8-16/h4-12,15H,3,13-14H2,1-2H3,(H,21,25). The Hall–Kier alpha value is -3.02. The molecule has 1 N–H and O–H groups in total. The largest absolute Gasteiger partial charge is 0.497 e. The van der Waals surface area contributed by atoms with Crippen LogP contribution in [0.3, 0.4) is 0 Å². The van der Waals surface area contributed by atoms with Gasteiger partial charge in [0.2, 0.25) is 5.91 Å². The van der Waals surface area contributed by atoms with Crippen molar-refractivity contribution in [1.29, 1.82) is 0 Å². The molecular weight excluding hydrogens is 330 g/mol. The summed E-state index contributed by atoms with van der Waals surface area (Å²) < 4.78 is 5.15. The monoisotopic (exact) mass is 353 g/mol.